The fraction of sp³-hybridized carbons (Fsp3) is 0.478. The molecule has 0 aliphatic rings. The summed E-state index contributed by atoms with van der Waals surface area (Å²) in [5.41, 5.74) is 1.99. The van der Waals surface area contributed by atoms with E-state index in [1.54, 1.807) is 14.2 Å². The van der Waals surface area contributed by atoms with Gasteiger partial charge < -0.3 is 34.3 Å². The number of aliphatic hydroxyl groups excluding tert-OH is 3. The maximum Gasteiger partial charge on any atom is 0.204 e. The highest BCUT2D eigenvalue weighted by molar-refractivity contribution is 5.56. The van der Waals surface area contributed by atoms with E-state index in [0.29, 0.717) is 61.0 Å². The third-order valence-electron chi connectivity index (χ3n) is 4.54. The molecule has 0 saturated carbocycles. The first-order chi connectivity index (χ1) is 14.7. The molecule has 0 saturated heterocycles. The van der Waals surface area contributed by atoms with Crippen molar-refractivity contribution in [1.29, 1.82) is 0 Å². The number of rotatable bonds is 14. The van der Waals surface area contributed by atoms with Gasteiger partial charge in [-0.1, -0.05) is 6.07 Å². The Balaban J connectivity index is 2.39. The lowest BCUT2D eigenvalue weighted by molar-refractivity contribution is 0.223. The van der Waals surface area contributed by atoms with Crippen LogP contribution in [-0.2, 0) is 12.8 Å². The van der Waals surface area contributed by atoms with Crippen molar-refractivity contribution in [2.75, 3.05) is 40.6 Å². The molecule has 2 aromatic rings. The average Bonchev–Trinajstić information content (AvgIpc) is 2.77. The van der Waals surface area contributed by atoms with Gasteiger partial charge in [0.2, 0.25) is 5.75 Å². The average molecular weight is 421 g/mol. The second-order valence-electron chi connectivity index (χ2n) is 6.79. The molecule has 0 aromatic heterocycles. The van der Waals surface area contributed by atoms with Gasteiger partial charge in [-0.15, -0.1) is 0 Å². The van der Waals surface area contributed by atoms with Crippen molar-refractivity contribution in [3.05, 3.63) is 41.5 Å². The molecule has 0 radical (unpaired) electrons. The molecule has 3 N–H and O–H groups in total. The minimum absolute atomic E-state index is 0.0240. The van der Waals surface area contributed by atoms with Crippen LogP contribution >= 0.6 is 0 Å². The van der Waals surface area contributed by atoms with E-state index < -0.39 is 0 Å². The van der Waals surface area contributed by atoms with E-state index in [1.165, 1.54) is 0 Å². The molecule has 0 fully saturated rings. The van der Waals surface area contributed by atoms with Crippen LogP contribution < -0.4 is 18.9 Å². The zero-order valence-corrected chi connectivity index (χ0v) is 17.7. The van der Waals surface area contributed by atoms with Gasteiger partial charge in [-0.3, -0.25) is 0 Å². The van der Waals surface area contributed by atoms with Crippen LogP contribution in [0.1, 0.15) is 30.4 Å². The lowest BCUT2D eigenvalue weighted by Crippen LogP contribution is -2.04. The van der Waals surface area contributed by atoms with Crippen LogP contribution in [0.4, 0.5) is 0 Å². The molecule has 30 heavy (non-hydrogen) atoms. The molecule has 7 heteroatoms. The summed E-state index contributed by atoms with van der Waals surface area (Å²) in [6.07, 6.45) is 3.19. The Morgan fingerprint density at radius 3 is 1.90 bits per heavy atom. The predicted octanol–water partition coefficient (Wildman–Crippen LogP) is 3.11. The summed E-state index contributed by atoms with van der Waals surface area (Å²) in [5.74, 6) is 2.55. The number of benzene rings is 2. The number of aliphatic hydroxyl groups is 3. The van der Waals surface area contributed by atoms with E-state index in [4.69, 9.17) is 34.3 Å². The van der Waals surface area contributed by atoms with Crippen molar-refractivity contribution >= 4 is 0 Å². The van der Waals surface area contributed by atoms with Crippen LogP contribution in [0.3, 0.4) is 0 Å². The largest absolute Gasteiger partial charge is 0.493 e. The van der Waals surface area contributed by atoms with E-state index in [9.17, 15) is 0 Å². The smallest absolute Gasteiger partial charge is 0.204 e. The van der Waals surface area contributed by atoms with E-state index >= 15 is 0 Å². The number of ether oxygens (including phenoxy) is 4. The second-order valence-corrected chi connectivity index (χ2v) is 6.79. The molecule has 2 rings (SSSR count). The summed E-state index contributed by atoms with van der Waals surface area (Å²) in [6, 6.07) is 9.39. The van der Waals surface area contributed by atoms with Crippen molar-refractivity contribution in [3.63, 3.8) is 0 Å². The molecule has 166 valence electrons. The summed E-state index contributed by atoms with van der Waals surface area (Å²) in [4.78, 5) is 0. The Kier molecular flexibility index (Phi) is 10.3. The van der Waals surface area contributed by atoms with Crippen molar-refractivity contribution in [3.8, 4) is 28.7 Å². The highest BCUT2D eigenvalue weighted by Gasteiger charge is 2.18. The summed E-state index contributed by atoms with van der Waals surface area (Å²) in [7, 11) is 3.14. The Bertz CT molecular complexity index is 776. The molecule has 7 nitrogen and oxygen atoms in total. The van der Waals surface area contributed by atoms with Crippen LogP contribution in [-0.4, -0.2) is 56.0 Å². The summed E-state index contributed by atoms with van der Waals surface area (Å²) < 4.78 is 23.0. The van der Waals surface area contributed by atoms with Crippen molar-refractivity contribution in [2.45, 2.75) is 32.1 Å². The van der Waals surface area contributed by atoms with Crippen LogP contribution in [0.5, 0.6) is 28.7 Å². The first-order valence-corrected chi connectivity index (χ1v) is 10.2. The Hall–Kier alpha value is -2.48. The second kappa shape index (κ2) is 13.0. The predicted molar refractivity (Wildman–Crippen MR) is 114 cm³/mol. The monoisotopic (exact) mass is 420 g/mol. The first-order valence-electron chi connectivity index (χ1n) is 10.2. The van der Waals surface area contributed by atoms with Crippen LogP contribution in [0.25, 0.3) is 0 Å². The van der Waals surface area contributed by atoms with E-state index in [0.717, 1.165) is 17.5 Å². The van der Waals surface area contributed by atoms with Crippen molar-refractivity contribution < 1.29 is 34.3 Å². The maximum atomic E-state index is 9.17. The SMILES string of the molecule is COc1cc(CCCO)ccc1Oc1cc(CCCO)cc(OC)c1OCCCO. The van der Waals surface area contributed by atoms with Gasteiger partial charge >= 0.3 is 0 Å². The quantitative estimate of drug-likeness (QED) is 0.404. The first kappa shape index (κ1) is 23.8. The normalized spacial score (nSPS) is 10.7. The van der Waals surface area contributed by atoms with Crippen molar-refractivity contribution in [2.24, 2.45) is 0 Å². The molecule has 0 heterocycles. The van der Waals surface area contributed by atoms with Crippen LogP contribution in [0.2, 0.25) is 0 Å². The number of hydrogen-bond donors (Lipinski definition) is 3. The van der Waals surface area contributed by atoms with Crippen LogP contribution in [0, 0.1) is 0 Å². The van der Waals surface area contributed by atoms with E-state index in [1.807, 2.05) is 30.3 Å². The molecule has 0 spiro atoms. The summed E-state index contributed by atoms with van der Waals surface area (Å²) in [6.45, 7) is 0.568. The van der Waals surface area contributed by atoms with Gasteiger partial charge in [-0.05, 0) is 61.1 Å². The molecule has 0 bridgehead atoms. The Morgan fingerprint density at radius 2 is 1.27 bits per heavy atom. The van der Waals surface area contributed by atoms with Gasteiger partial charge in [-0.25, -0.2) is 0 Å². The van der Waals surface area contributed by atoms with Gasteiger partial charge in [0.05, 0.1) is 20.8 Å². The highest BCUT2D eigenvalue weighted by atomic mass is 16.5. The van der Waals surface area contributed by atoms with E-state index in [2.05, 4.69) is 0 Å². The van der Waals surface area contributed by atoms with Gasteiger partial charge in [0, 0.05) is 26.2 Å². The maximum absolute atomic E-state index is 9.17. The number of methoxy groups -OCH3 is 2. The van der Waals surface area contributed by atoms with Gasteiger partial charge in [0.25, 0.3) is 0 Å². The molecule has 0 aliphatic carbocycles. The Morgan fingerprint density at radius 1 is 0.667 bits per heavy atom. The van der Waals surface area contributed by atoms with Gasteiger partial charge in [0.15, 0.2) is 23.0 Å². The lowest BCUT2D eigenvalue weighted by atomic mass is 10.1. The molecule has 0 amide bonds. The standard InChI is InChI=1S/C23H32O7/c1-27-20-14-17(6-3-10-24)8-9-19(20)30-22-16-18(7-4-11-25)15-21(28-2)23(22)29-13-5-12-26/h8-9,14-16,24-26H,3-7,10-13H2,1-2H3. The summed E-state index contributed by atoms with van der Waals surface area (Å²) >= 11 is 0. The molecule has 2 aromatic carbocycles. The number of hydrogen-bond acceptors (Lipinski definition) is 7. The number of aryl methyl sites for hydroxylation is 2. The van der Waals surface area contributed by atoms with Crippen molar-refractivity contribution in [1.82, 2.24) is 0 Å². The molecule has 0 unspecified atom stereocenters. The van der Waals surface area contributed by atoms with Gasteiger partial charge in [0.1, 0.15) is 0 Å². The third kappa shape index (κ3) is 6.79. The zero-order chi connectivity index (χ0) is 21.8. The fourth-order valence-electron chi connectivity index (χ4n) is 3.02. The molecule has 0 atom stereocenters. The molecular weight excluding hydrogens is 388 g/mol. The molecule has 0 aliphatic heterocycles. The lowest BCUT2D eigenvalue weighted by Gasteiger charge is -2.18. The summed E-state index contributed by atoms with van der Waals surface area (Å²) in [5, 5.41) is 27.3. The zero-order valence-electron chi connectivity index (χ0n) is 17.7. The topological polar surface area (TPSA) is 97.6 Å². The molecular formula is C23H32O7. The van der Waals surface area contributed by atoms with Gasteiger partial charge in [-0.2, -0.15) is 0 Å². The van der Waals surface area contributed by atoms with E-state index in [-0.39, 0.29) is 19.8 Å². The minimum Gasteiger partial charge on any atom is -0.493 e. The third-order valence-corrected chi connectivity index (χ3v) is 4.54. The van der Waals surface area contributed by atoms with Crippen LogP contribution in [0.15, 0.2) is 30.3 Å². The minimum atomic E-state index is 0.0240. The fourth-order valence-corrected chi connectivity index (χ4v) is 3.02. The highest BCUT2D eigenvalue weighted by Crippen LogP contribution is 2.43. The Labute approximate surface area is 177 Å².